The minimum atomic E-state index is -3.79. The summed E-state index contributed by atoms with van der Waals surface area (Å²) in [5.74, 6) is -0.852. The van der Waals surface area contributed by atoms with Crippen molar-refractivity contribution >= 4 is 16.0 Å². The number of sulfonamides is 1. The molecule has 1 heterocycles. The monoisotopic (exact) mass is 348 g/mol. The van der Waals surface area contributed by atoms with Gasteiger partial charge in [-0.1, -0.05) is 30.3 Å². The van der Waals surface area contributed by atoms with Crippen LogP contribution in [0, 0.1) is 5.92 Å². The first-order valence-corrected chi connectivity index (χ1v) is 9.41. The number of aromatic carboxylic acids is 1. The van der Waals surface area contributed by atoms with Gasteiger partial charge in [-0.3, -0.25) is 0 Å². The van der Waals surface area contributed by atoms with Crippen molar-refractivity contribution in [3.63, 3.8) is 0 Å². The van der Waals surface area contributed by atoms with E-state index in [1.54, 1.807) is 6.92 Å². The van der Waals surface area contributed by atoms with E-state index in [-0.39, 0.29) is 22.5 Å². The standard InChI is InChI=1S/C17H20N2O4S/c1-2-19-11-14(10-15(19)17(20)21)24(22,23)18-16(13-8-9-13)12-6-4-3-5-7-12/h3-7,10-11,13,16,18H,2,8-9H2,1H3,(H,20,21). The van der Waals surface area contributed by atoms with E-state index in [4.69, 9.17) is 0 Å². The number of rotatable bonds is 7. The molecule has 24 heavy (non-hydrogen) atoms. The van der Waals surface area contributed by atoms with Gasteiger partial charge in [0.15, 0.2) is 0 Å². The molecule has 6 nitrogen and oxygen atoms in total. The van der Waals surface area contributed by atoms with Gasteiger partial charge in [-0.15, -0.1) is 0 Å². The maximum absolute atomic E-state index is 12.7. The van der Waals surface area contributed by atoms with Crippen molar-refractivity contribution in [2.75, 3.05) is 0 Å². The highest BCUT2D eigenvalue weighted by atomic mass is 32.2. The van der Waals surface area contributed by atoms with Crippen LogP contribution in [0.2, 0.25) is 0 Å². The number of nitrogens with zero attached hydrogens (tertiary/aromatic N) is 1. The highest BCUT2D eigenvalue weighted by Gasteiger charge is 2.35. The van der Waals surface area contributed by atoms with Crippen molar-refractivity contribution in [3.8, 4) is 0 Å². The van der Waals surface area contributed by atoms with Gasteiger partial charge in [0.05, 0.1) is 0 Å². The maximum Gasteiger partial charge on any atom is 0.352 e. The molecule has 1 unspecified atom stereocenters. The molecule has 0 radical (unpaired) electrons. The van der Waals surface area contributed by atoms with Crippen LogP contribution >= 0.6 is 0 Å². The Morgan fingerprint density at radius 1 is 1.33 bits per heavy atom. The Kier molecular flexibility index (Phi) is 4.47. The molecule has 0 amide bonds. The molecule has 1 saturated carbocycles. The Labute approximate surface area is 141 Å². The van der Waals surface area contributed by atoms with Gasteiger partial charge >= 0.3 is 5.97 Å². The van der Waals surface area contributed by atoms with Crippen LogP contribution in [0.25, 0.3) is 0 Å². The molecule has 1 aliphatic carbocycles. The van der Waals surface area contributed by atoms with Gasteiger partial charge in [-0.25, -0.2) is 17.9 Å². The van der Waals surface area contributed by atoms with Crippen molar-refractivity contribution in [3.05, 3.63) is 53.9 Å². The van der Waals surface area contributed by atoms with Crippen LogP contribution < -0.4 is 4.72 Å². The maximum atomic E-state index is 12.7. The molecule has 0 aliphatic heterocycles. The average molecular weight is 348 g/mol. The molecule has 0 bridgehead atoms. The van der Waals surface area contributed by atoms with Gasteiger partial charge in [0.25, 0.3) is 0 Å². The summed E-state index contributed by atoms with van der Waals surface area (Å²) >= 11 is 0. The lowest BCUT2D eigenvalue weighted by molar-refractivity contribution is 0.0685. The van der Waals surface area contributed by atoms with Crippen molar-refractivity contribution in [1.29, 1.82) is 0 Å². The van der Waals surface area contributed by atoms with E-state index in [9.17, 15) is 18.3 Å². The van der Waals surface area contributed by atoms with Crippen LogP contribution in [-0.2, 0) is 16.6 Å². The first-order chi connectivity index (χ1) is 11.4. The number of nitrogens with one attached hydrogen (secondary N) is 1. The van der Waals surface area contributed by atoms with Crippen LogP contribution in [0.5, 0.6) is 0 Å². The van der Waals surface area contributed by atoms with E-state index in [0.717, 1.165) is 18.4 Å². The molecular formula is C17H20N2O4S. The lowest BCUT2D eigenvalue weighted by atomic mass is 10.0. The van der Waals surface area contributed by atoms with Gasteiger partial charge in [0.2, 0.25) is 10.0 Å². The van der Waals surface area contributed by atoms with Crippen LogP contribution in [0.3, 0.4) is 0 Å². The number of hydrogen-bond donors (Lipinski definition) is 2. The van der Waals surface area contributed by atoms with Gasteiger partial charge in [-0.2, -0.15) is 0 Å². The topological polar surface area (TPSA) is 88.4 Å². The number of aromatic nitrogens is 1. The molecule has 1 fully saturated rings. The zero-order chi connectivity index (χ0) is 17.3. The fraction of sp³-hybridized carbons (Fsp3) is 0.353. The molecule has 1 aromatic carbocycles. The second-order valence-corrected chi connectivity index (χ2v) is 7.71. The van der Waals surface area contributed by atoms with Crippen molar-refractivity contribution in [2.45, 2.75) is 37.2 Å². The van der Waals surface area contributed by atoms with Gasteiger partial charge in [0, 0.05) is 18.8 Å². The normalized spacial score (nSPS) is 16.0. The molecular weight excluding hydrogens is 328 g/mol. The largest absolute Gasteiger partial charge is 0.477 e. The predicted octanol–water partition coefficient (Wildman–Crippen LogP) is 2.64. The molecule has 3 rings (SSSR count). The molecule has 2 N–H and O–H groups in total. The summed E-state index contributed by atoms with van der Waals surface area (Å²) in [6.45, 7) is 2.16. The van der Waals surface area contributed by atoms with Gasteiger partial charge in [-0.05, 0) is 37.3 Å². The third kappa shape index (κ3) is 3.37. The number of hydrogen-bond acceptors (Lipinski definition) is 3. The minimum absolute atomic E-state index is 0.0108. The number of carboxylic acids is 1. The fourth-order valence-electron chi connectivity index (χ4n) is 2.83. The Morgan fingerprint density at radius 2 is 2.00 bits per heavy atom. The van der Waals surface area contributed by atoms with Crippen LogP contribution in [0.4, 0.5) is 0 Å². The summed E-state index contributed by atoms with van der Waals surface area (Å²) in [5, 5.41) is 9.20. The highest BCUT2D eigenvalue weighted by molar-refractivity contribution is 7.89. The van der Waals surface area contributed by atoms with E-state index in [2.05, 4.69) is 4.72 Å². The zero-order valence-corrected chi connectivity index (χ0v) is 14.2. The fourth-order valence-corrected chi connectivity index (χ4v) is 4.16. The smallest absolute Gasteiger partial charge is 0.352 e. The molecule has 1 atom stereocenters. The van der Waals surface area contributed by atoms with Crippen molar-refractivity contribution < 1.29 is 18.3 Å². The SMILES string of the molecule is CCn1cc(S(=O)(=O)NC(c2ccccc2)C2CC2)cc1C(=O)O. The van der Waals surface area contributed by atoms with Crippen molar-refractivity contribution in [2.24, 2.45) is 5.92 Å². The number of carbonyl (C=O) groups is 1. The molecule has 128 valence electrons. The predicted molar refractivity (Wildman–Crippen MR) is 89.3 cm³/mol. The van der Waals surface area contributed by atoms with Gasteiger partial charge in [0.1, 0.15) is 10.6 Å². The van der Waals surface area contributed by atoms with E-state index in [0.29, 0.717) is 6.54 Å². The lowest BCUT2D eigenvalue weighted by Crippen LogP contribution is -2.29. The van der Waals surface area contributed by atoms with Crippen LogP contribution in [0.15, 0.2) is 47.5 Å². The number of carboxylic acid groups (broad SMARTS) is 1. The second kappa shape index (κ2) is 6.41. The van der Waals surface area contributed by atoms with Gasteiger partial charge < -0.3 is 9.67 Å². The van der Waals surface area contributed by atoms with E-state index in [1.165, 1.54) is 16.8 Å². The summed E-state index contributed by atoms with van der Waals surface area (Å²) in [6.07, 6.45) is 3.34. The molecule has 0 saturated heterocycles. The average Bonchev–Trinajstić information content (AvgIpc) is 3.30. The molecule has 0 spiro atoms. The number of benzene rings is 1. The third-order valence-corrected chi connectivity index (χ3v) is 5.68. The van der Waals surface area contributed by atoms with E-state index in [1.807, 2.05) is 30.3 Å². The highest BCUT2D eigenvalue weighted by Crippen LogP contribution is 2.41. The Balaban J connectivity index is 1.91. The summed E-state index contributed by atoms with van der Waals surface area (Å²) in [5.41, 5.74) is 0.900. The molecule has 1 aromatic heterocycles. The number of aryl methyl sites for hydroxylation is 1. The quantitative estimate of drug-likeness (QED) is 0.805. The van der Waals surface area contributed by atoms with E-state index < -0.39 is 16.0 Å². The summed E-state index contributed by atoms with van der Waals surface area (Å²) in [7, 11) is -3.79. The Morgan fingerprint density at radius 3 is 2.50 bits per heavy atom. The Bertz CT molecular complexity index is 839. The zero-order valence-electron chi connectivity index (χ0n) is 13.3. The second-order valence-electron chi connectivity index (χ2n) is 6.00. The van der Waals surface area contributed by atoms with Crippen molar-refractivity contribution in [1.82, 2.24) is 9.29 Å². The first kappa shape index (κ1) is 16.7. The minimum Gasteiger partial charge on any atom is -0.477 e. The summed E-state index contributed by atoms with van der Waals surface area (Å²) in [6, 6.07) is 10.4. The Hall–Kier alpha value is -2.12. The third-order valence-electron chi connectivity index (χ3n) is 4.28. The molecule has 1 aliphatic rings. The van der Waals surface area contributed by atoms with E-state index >= 15 is 0 Å². The summed E-state index contributed by atoms with van der Waals surface area (Å²) in [4.78, 5) is 11.2. The molecule has 2 aromatic rings. The summed E-state index contributed by atoms with van der Waals surface area (Å²) < 4.78 is 29.6. The lowest BCUT2D eigenvalue weighted by Gasteiger charge is -2.18. The van der Waals surface area contributed by atoms with Crippen LogP contribution in [0.1, 0.15) is 41.9 Å². The molecule has 7 heteroatoms. The van der Waals surface area contributed by atoms with Crippen LogP contribution in [-0.4, -0.2) is 24.1 Å². The first-order valence-electron chi connectivity index (χ1n) is 7.93.